The molecule has 3 nitrogen and oxygen atoms in total. The van der Waals surface area contributed by atoms with Gasteiger partial charge in [-0.15, -0.1) is 0 Å². The van der Waals surface area contributed by atoms with Crippen LogP contribution in [0.25, 0.3) is 0 Å². The molecule has 0 saturated heterocycles. The third-order valence-corrected chi connectivity index (χ3v) is 1.86. The maximum atomic E-state index is 10.6. The van der Waals surface area contributed by atoms with E-state index >= 15 is 0 Å². The van der Waals surface area contributed by atoms with Crippen molar-refractivity contribution < 1.29 is 9.90 Å². The summed E-state index contributed by atoms with van der Waals surface area (Å²) in [6.45, 7) is 0.486. The van der Waals surface area contributed by atoms with Crippen molar-refractivity contribution >= 4 is 17.6 Å². The lowest BCUT2D eigenvalue weighted by Gasteiger charge is -2.01. The number of carboxylic acid groups (broad SMARTS) is 1. The first-order valence-corrected chi connectivity index (χ1v) is 4.24. The molecule has 0 atom stereocenters. The summed E-state index contributed by atoms with van der Waals surface area (Å²) in [4.78, 5) is 10.6. The summed E-state index contributed by atoms with van der Waals surface area (Å²) in [5.74, 6) is -0.972. The molecule has 0 unspecified atom stereocenters. The summed E-state index contributed by atoms with van der Waals surface area (Å²) >= 11 is 5.73. The Morgan fingerprint density at radius 3 is 2.69 bits per heavy atom. The standard InChI is InChI=1S/C9H10ClNO2/c10-8-4-6(1-2-11)3-7(5-8)9(12)13/h3-5H,1-2,11H2,(H,12,13). The highest BCUT2D eigenvalue weighted by Crippen LogP contribution is 2.15. The second kappa shape index (κ2) is 4.25. The van der Waals surface area contributed by atoms with Crippen molar-refractivity contribution in [3.8, 4) is 0 Å². The van der Waals surface area contributed by atoms with E-state index in [-0.39, 0.29) is 5.56 Å². The first kappa shape index (κ1) is 10.0. The molecule has 0 heterocycles. The van der Waals surface area contributed by atoms with Crippen molar-refractivity contribution in [2.45, 2.75) is 6.42 Å². The van der Waals surface area contributed by atoms with Crippen LogP contribution in [0.3, 0.4) is 0 Å². The van der Waals surface area contributed by atoms with Gasteiger partial charge in [-0.05, 0) is 36.7 Å². The van der Waals surface area contributed by atoms with Crippen LogP contribution in [0.5, 0.6) is 0 Å². The predicted octanol–water partition coefficient (Wildman–Crippen LogP) is 1.54. The van der Waals surface area contributed by atoms with Gasteiger partial charge in [-0.2, -0.15) is 0 Å². The molecule has 1 aromatic carbocycles. The zero-order valence-electron chi connectivity index (χ0n) is 6.96. The van der Waals surface area contributed by atoms with Crippen molar-refractivity contribution in [3.63, 3.8) is 0 Å². The zero-order valence-corrected chi connectivity index (χ0v) is 7.71. The maximum absolute atomic E-state index is 10.6. The summed E-state index contributed by atoms with van der Waals surface area (Å²) < 4.78 is 0. The van der Waals surface area contributed by atoms with Crippen molar-refractivity contribution in [2.24, 2.45) is 5.73 Å². The van der Waals surface area contributed by atoms with Gasteiger partial charge >= 0.3 is 5.97 Å². The lowest BCUT2D eigenvalue weighted by molar-refractivity contribution is 0.0697. The molecular weight excluding hydrogens is 190 g/mol. The minimum absolute atomic E-state index is 0.205. The van der Waals surface area contributed by atoms with Gasteiger partial charge in [-0.1, -0.05) is 11.6 Å². The van der Waals surface area contributed by atoms with Gasteiger partial charge in [0, 0.05) is 5.02 Å². The topological polar surface area (TPSA) is 63.3 Å². The third kappa shape index (κ3) is 2.72. The molecule has 0 spiro atoms. The SMILES string of the molecule is NCCc1cc(Cl)cc(C(=O)O)c1. The van der Waals surface area contributed by atoms with Crippen molar-refractivity contribution in [1.29, 1.82) is 0 Å². The molecule has 0 aliphatic rings. The van der Waals surface area contributed by atoms with Crippen LogP contribution in [0, 0.1) is 0 Å². The summed E-state index contributed by atoms with van der Waals surface area (Å²) in [6.07, 6.45) is 0.640. The van der Waals surface area contributed by atoms with Gasteiger partial charge in [0.15, 0.2) is 0 Å². The van der Waals surface area contributed by atoms with E-state index in [0.717, 1.165) is 5.56 Å². The van der Waals surface area contributed by atoms with Crippen molar-refractivity contribution in [3.05, 3.63) is 34.3 Å². The number of rotatable bonds is 3. The molecule has 13 heavy (non-hydrogen) atoms. The van der Waals surface area contributed by atoms with Crippen LogP contribution in [0.2, 0.25) is 5.02 Å². The Morgan fingerprint density at radius 1 is 1.46 bits per heavy atom. The molecule has 0 fully saturated rings. The average molecular weight is 200 g/mol. The molecule has 1 aromatic rings. The highest BCUT2D eigenvalue weighted by Gasteiger charge is 2.05. The van der Waals surface area contributed by atoms with Gasteiger partial charge in [-0.25, -0.2) is 4.79 Å². The second-order valence-corrected chi connectivity index (χ2v) is 3.13. The minimum atomic E-state index is -0.972. The van der Waals surface area contributed by atoms with Crippen LogP contribution in [0.1, 0.15) is 15.9 Å². The zero-order chi connectivity index (χ0) is 9.84. The Morgan fingerprint density at radius 2 is 2.15 bits per heavy atom. The Labute approximate surface area is 81.1 Å². The lowest BCUT2D eigenvalue weighted by atomic mass is 10.1. The molecule has 4 heteroatoms. The fourth-order valence-corrected chi connectivity index (χ4v) is 1.34. The highest BCUT2D eigenvalue weighted by atomic mass is 35.5. The molecule has 0 aliphatic carbocycles. The number of carboxylic acids is 1. The number of hydrogen-bond acceptors (Lipinski definition) is 2. The largest absolute Gasteiger partial charge is 0.478 e. The predicted molar refractivity (Wildman–Crippen MR) is 51.2 cm³/mol. The Hall–Kier alpha value is -1.06. The Kier molecular flexibility index (Phi) is 3.28. The van der Waals surface area contributed by atoms with Gasteiger partial charge < -0.3 is 10.8 Å². The van der Waals surface area contributed by atoms with E-state index in [4.69, 9.17) is 22.4 Å². The smallest absolute Gasteiger partial charge is 0.335 e. The average Bonchev–Trinajstić information content (AvgIpc) is 2.03. The Balaban J connectivity index is 3.03. The third-order valence-electron chi connectivity index (χ3n) is 1.64. The van der Waals surface area contributed by atoms with Gasteiger partial charge in [0.25, 0.3) is 0 Å². The van der Waals surface area contributed by atoms with Crippen LogP contribution >= 0.6 is 11.6 Å². The quantitative estimate of drug-likeness (QED) is 0.776. The summed E-state index contributed by atoms with van der Waals surface area (Å²) in [6, 6.07) is 4.73. The fraction of sp³-hybridized carbons (Fsp3) is 0.222. The van der Waals surface area contributed by atoms with Crippen molar-refractivity contribution in [1.82, 2.24) is 0 Å². The van der Waals surface area contributed by atoms with Crippen LogP contribution in [-0.2, 0) is 6.42 Å². The van der Waals surface area contributed by atoms with E-state index < -0.39 is 5.97 Å². The minimum Gasteiger partial charge on any atom is -0.478 e. The molecule has 0 radical (unpaired) electrons. The highest BCUT2D eigenvalue weighted by molar-refractivity contribution is 6.31. The van der Waals surface area contributed by atoms with E-state index in [9.17, 15) is 4.79 Å². The summed E-state index contributed by atoms with van der Waals surface area (Å²) in [5.41, 5.74) is 6.40. The van der Waals surface area contributed by atoms with Crippen LogP contribution in [0.15, 0.2) is 18.2 Å². The van der Waals surface area contributed by atoms with Crippen LogP contribution < -0.4 is 5.73 Å². The maximum Gasteiger partial charge on any atom is 0.335 e. The number of benzene rings is 1. The molecule has 3 N–H and O–H groups in total. The van der Waals surface area contributed by atoms with Crippen LogP contribution in [0.4, 0.5) is 0 Å². The lowest BCUT2D eigenvalue weighted by Crippen LogP contribution is -2.04. The molecule has 0 bridgehead atoms. The van der Waals surface area contributed by atoms with E-state index in [1.54, 1.807) is 12.1 Å². The molecule has 0 saturated carbocycles. The van der Waals surface area contributed by atoms with E-state index in [1.165, 1.54) is 6.07 Å². The Bertz CT molecular complexity index is 325. The number of aromatic carboxylic acids is 1. The molecule has 0 amide bonds. The first-order valence-electron chi connectivity index (χ1n) is 3.86. The molecule has 0 aromatic heterocycles. The van der Waals surface area contributed by atoms with Gasteiger partial charge in [-0.3, -0.25) is 0 Å². The first-order chi connectivity index (χ1) is 6.13. The van der Waals surface area contributed by atoms with E-state index in [0.29, 0.717) is 18.0 Å². The van der Waals surface area contributed by atoms with Gasteiger partial charge in [0.1, 0.15) is 0 Å². The van der Waals surface area contributed by atoms with Gasteiger partial charge in [0.2, 0.25) is 0 Å². The number of halogens is 1. The molecular formula is C9H10ClNO2. The number of nitrogens with two attached hydrogens (primary N) is 1. The molecule has 1 rings (SSSR count). The number of hydrogen-bond donors (Lipinski definition) is 2. The van der Waals surface area contributed by atoms with Crippen LogP contribution in [-0.4, -0.2) is 17.6 Å². The second-order valence-electron chi connectivity index (χ2n) is 2.69. The summed E-state index contributed by atoms with van der Waals surface area (Å²) in [7, 11) is 0. The summed E-state index contributed by atoms with van der Waals surface area (Å²) in [5, 5.41) is 9.15. The normalized spacial score (nSPS) is 10.0. The monoisotopic (exact) mass is 199 g/mol. The fourth-order valence-electron chi connectivity index (χ4n) is 1.08. The molecule has 0 aliphatic heterocycles. The number of carbonyl (C=O) groups is 1. The van der Waals surface area contributed by atoms with E-state index in [2.05, 4.69) is 0 Å². The van der Waals surface area contributed by atoms with E-state index in [1.807, 2.05) is 0 Å². The van der Waals surface area contributed by atoms with Crippen molar-refractivity contribution in [2.75, 3.05) is 6.54 Å². The molecule has 70 valence electrons. The van der Waals surface area contributed by atoms with Gasteiger partial charge in [0.05, 0.1) is 5.56 Å².